The van der Waals surface area contributed by atoms with E-state index < -0.39 is 11.9 Å². The summed E-state index contributed by atoms with van der Waals surface area (Å²) in [6, 6.07) is 18.1. The Kier molecular flexibility index (Phi) is 5.93. The Morgan fingerprint density at radius 3 is 2.63 bits per heavy atom. The fraction of sp³-hybridized carbons (Fsp3) is 0.179. The molecule has 0 unspecified atom stereocenters. The first-order valence-electron chi connectivity index (χ1n) is 11.4. The van der Waals surface area contributed by atoms with E-state index in [2.05, 4.69) is 4.90 Å². The number of carbonyl (C=O) groups is 2. The molecule has 0 amide bonds. The monoisotopic (exact) mass is 468 g/mol. The number of carbonyl (C=O) groups excluding carboxylic acids is 1. The number of furan rings is 1. The Labute approximate surface area is 202 Å². The van der Waals surface area contributed by atoms with Crippen molar-refractivity contribution < 1.29 is 23.8 Å². The van der Waals surface area contributed by atoms with Crippen LogP contribution in [0, 0.1) is 0 Å². The van der Waals surface area contributed by atoms with Crippen LogP contribution in [0.25, 0.3) is 33.9 Å². The summed E-state index contributed by atoms with van der Waals surface area (Å²) in [7, 11) is 1.35. The van der Waals surface area contributed by atoms with E-state index in [1.807, 2.05) is 55.5 Å². The summed E-state index contributed by atoms with van der Waals surface area (Å²) in [5.74, 6) is -0.268. The maximum atomic E-state index is 12.3. The zero-order valence-electron chi connectivity index (χ0n) is 19.4. The molecule has 1 N–H and O–H groups in total. The summed E-state index contributed by atoms with van der Waals surface area (Å²) >= 11 is 0. The van der Waals surface area contributed by atoms with E-state index in [1.54, 1.807) is 18.2 Å². The Morgan fingerprint density at radius 1 is 1.09 bits per heavy atom. The van der Waals surface area contributed by atoms with Crippen molar-refractivity contribution in [2.45, 2.75) is 13.5 Å². The topological polar surface area (TPSA) is 92.9 Å². The number of nitrogens with zero attached hydrogens (tertiary/aromatic N) is 2. The highest BCUT2D eigenvalue weighted by atomic mass is 16.5. The number of aromatic carboxylic acids is 1. The molecule has 2 aromatic carbocycles. The van der Waals surface area contributed by atoms with Crippen molar-refractivity contribution in [2.24, 2.45) is 0 Å². The molecule has 0 radical (unpaired) electrons. The minimum atomic E-state index is -0.961. The first kappa shape index (κ1) is 22.6. The number of ether oxygens (including phenoxy) is 1. The fourth-order valence-electron chi connectivity index (χ4n) is 4.58. The van der Waals surface area contributed by atoms with Gasteiger partial charge >= 0.3 is 11.9 Å². The molecule has 5 rings (SSSR count). The third kappa shape index (κ3) is 4.11. The van der Waals surface area contributed by atoms with Gasteiger partial charge in [-0.3, -0.25) is 4.90 Å². The molecule has 0 fully saturated rings. The normalized spacial score (nSPS) is 14.7. The van der Waals surface area contributed by atoms with Gasteiger partial charge in [-0.25, -0.2) is 14.6 Å². The van der Waals surface area contributed by atoms with Gasteiger partial charge in [-0.05, 0) is 42.5 Å². The summed E-state index contributed by atoms with van der Waals surface area (Å²) in [5, 5.41) is 10.7. The Balaban J connectivity index is 1.63. The zero-order valence-corrected chi connectivity index (χ0v) is 19.4. The molecule has 1 aliphatic heterocycles. The van der Waals surface area contributed by atoms with Gasteiger partial charge in [0.15, 0.2) is 0 Å². The van der Waals surface area contributed by atoms with E-state index in [0.717, 1.165) is 12.1 Å². The van der Waals surface area contributed by atoms with Gasteiger partial charge in [-0.2, -0.15) is 0 Å². The average molecular weight is 469 g/mol. The first-order valence-corrected chi connectivity index (χ1v) is 11.4. The number of aromatic nitrogens is 1. The van der Waals surface area contributed by atoms with Crippen molar-refractivity contribution in [2.75, 3.05) is 20.2 Å². The minimum Gasteiger partial charge on any atom is -0.478 e. The van der Waals surface area contributed by atoms with Gasteiger partial charge in [0, 0.05) is 29.6 Å². The summed E-state index contributed by atoms with van der Waals surface area (Å²) < 4.78 is 11.0. The molecule has 7 heteroatoms. The van der Waals surface area contributed by atoms with Gasteiger partial charge < -0.3 is 14.3 Å². The number of likely N-dealkylation sites (N-methyl/N-ethyl adjacent to an activating group) is 1. The van der Waals surface area contributed by atoms with Crippen LogP contribution in [0.1, 0.15) is 44.7 Å². The first-order chi connectivity index (χ1) is 17.0. The van der Waals surface area contributed by atoms with Gasteiger partial charge in [0.05, 0.1) is 29.4 Å². The highest BCUT2D eigenvalue weighted by molar-refractivity contribution is 6.06. The molecule has 0 bridgehead atoms. The molecule has 0 saturated carbocycles. The van der Waals surface area contributed by atoms with Crippen molar-refractivity contribution in [1.82, 2.24) is 9.88 Å². The molecule has 2 aromatic heterocycles. The van der Waals surface area contributed by atoms with Crippen molar-refractivity contribution in [3.8, 4) is 11.3 Å². The summed E-state index contributed by atoms with van der Waals surface area (Å²) in [6.07, 6.45) is 1.90. The molecule has 35 heavy (non-hydrogen) atoms. The van der Waals surface area contributed by atoms with Crippen molar-refractivity contribution >= 4 is 34.5 Å². The highest BCUT2D eigenvalue weighted by Crippen LogP contribution is 2.35. The molecule has 176 valence electrons. The lowest BCUT2D eigenvalue weighted by molar-refractivity contribution is 0.0600. The number of esters is 1. The summed E-state index contributed by atoms with van der Waals surface area (Å²) in [6.45, 7) is 3.94. The van der Waals surface area contributed by atoms with E-state index >= 15 is 0 Å². The number of hydrogen-bond donors (Lipinski definition) is 1. The lowest BCUT2D eigenvalue weighted by atomic mass is 9.92. The number of methoxy groups -OCH3 is 1. The van der Waals surface area contributed by atoms with Crippen LogP contribution in [0.5, 0.6) is 0 Å². The summed E-state index contributed by atoms with van der Waals surface area (Å²) in [4.78, 5) is 31.5. The number of benzene rings is 2. The molecule has 4 aromatic rings. The largest absolute Gasteiger partial charge is 0.478 e. The van der Waals surface area contributed by atoms with Crippen LogP contribution in [0.15, 0.2) is 65.1 Å². The molecule has 3 heterocycles. The maximum absolute atomic E-state index is 12.3. The number of carboxylic acid groups (broad SMARTS) is 1. The van der Waals surface area contributed by atoms with Crippen molar-refractivity contribution in [3.05, 3.63) is 88.8 Å². The predicted octanol–water partition coefficient (Wildman–Crippen LogP) is 5.36. The number of hydrogen-bond acceptors (Lipinski definition) is 6. The molecule has 1 aliphatic rings. The maximum Gasteiger partial charge on any atom is 0.338 e. The Hall–Kier alpha value is -4.23. The van der Waals surface area contributed by atoms with Crippen LogP contribution in [-0.2, 0) is 11.3 Å². The van der Waals surface area contributed by atoms with E-state index in [4.69, 9.17) is 14.1 Å². The van der Waals surface area contributed by atoms with E-state index in [0.29, 0.717) is 63.5 Å². The molecule has 0 aliphatic carbocycles. The lowest BCUT2D eigenvalue weighted by Gasteiger charge is -2.30. The SMILES string of the molecule is CCN1C/C(=C\c2ccc(-c3ccccc3C(=O)OC)o2)c2nc3ccccc3c(C(=O)O)c2C1. The van der Waals surface area contributed by atoms with E-state index in [-0.39, 0.29) is 0 Å². The van der Waals surface area contributed by atoms with E-state index in [9.17, 15) is 14.7 Å². The Bertz CT molecular complexity index is 1480. The fourth-order valence-corrected chi connectivity index (χ4v) is 4.58. The second-order valence-electron chi connectivity index (χ2n) is 8.35. The predicted molar refractivity (Wildman–Crippen MR) is 133 cm³/mol. The number of pyridine rings is 1. The molecular weight excluding hydrogens is 444 g/mol. The smallest absolute Gasteiger partial charge is 0.338 e. The standard InChI is InChI=1S/C28H24N2O5/c1-3-30-15-17(26-22(16-30)25(27(31)32)21-10-6-7-11-23(21)29-26)14-18-12-13-24(35-18)19-8-4-5-9-20(19)28(33)34-2/h4-14H,3,15-16H2,1-2H3,(H,31,32)/b17-14+. The quantitative estimate of drug-likeness (QED) is 0.394. The van der Waals surface area contributed by atoms with Crippen LogP contribution < -0.4 is 0 Å². The van der Waals surface area contributed by atoms with Gasteiger partial charge in [0.1, 0.15) is 11.5 Å². The van der Waals surface area contributed by atoms with Crippen molar-refractivity contribution in [3.63, 3.8) is 0 Å². The molecule has 0 spiro atoms. The van der Waals surface area contributed by atoms with Gasteiger partial charge in [0.2, 0.25) is 0 Å². The molecule has 0 atom stereocenters. The Morgan fingerprint density at radius 2 is 1.86 bits per heavy atom. The number of rotatable bonds is 5. The van der Waals surface area contributed by atoms with Gasteiger partial charge in [0.25, 0.3) is 0 Å². The third-order valence-electron chi connectivity index (χ3n) is 6.28. The minimum absolute atomic E-state index is 0.293. The second kappa shape index (κ2) is 9.19. The molecule has 0 saturated heterocycles. The van der Waals surface area contributed by atoms with Gasteiger partial charge in [-0.15, -0.1) is 0 Å². The van der Waals surface area contributed by atoms with Crippen molar-refractivity contribution in [1.29, 1.82) is 0 Å². The summed E-state index contributed by atoms with van der Waals surface area (Å²) in [5.41, 5.74) is 4.26. The number of fused-ring (bicyclic) bond motifs is 2. The zero-order chi connectivity index (χ0) is 24.5. The third-order valence-corrected chi connectivity index (χ3v) is 6.28. The lowest BCUT2D eigenvalue weighted by Crippen LogP contribution is -2.31. The van der Waals surface area contributed by atoms with E-state index in [1.165, 1.54) is 7.11 Å². The average Bonchev–Trinajstić information content (AvgIpc) is 3.35. The number of carboxylic acids is 1. The second-order valence-corrected chi connectivity index (χ2v) is 8.35. The van der Waals surface area contributed by atoms with Crippen LogP contribution in [-0.4, -0.2) is 47.1 Å². The highest BCUT2D eigenvalue weighted by Gasteiger charge is 2.28. The van der Waals surface area contributed by atoms with Crippen LogP contribution >= 0.6 is 0 Å². The van der Waals surface area contributed by atoms with Crippen LogP contribution in [0.3, 0.4) is 0 Å². The molecule has 7 nitrogen and oxygen atoms in total. The molecular formula is C28H24N2O5. The number of para-hydroxylation sites is 1. The van der Waals surface area contributed by atoms with Crippen LogP contribution in [0.4, 0.5) is 0 Å². The van der Waals surface area contributed by atoms with Crippen LogP contribution in [0.2, 0.25) is 0 Å². The van der Waals surface area contributed by atoms with Gasteiger partial charge in [-0.1, -0.05) is 43.3 Å².